The van der Waals surface area contributed by atoms with Gasteiger partial charge in [-0.05, 0) is 19.9 Å². The number of methoxy groups -OCH3 is 1. The van der Waals surface area contributed by atoms with Gasteiger partial charge >= 0.3 is 0 Å². The van der Waals surface area contributed by atoms with Crippen molar-refractivity contribution in [2.24, 2.45) is 5.73 Å². The van der Waals surface area contributed by atoms with Crippen LogP contribution in [0.15, 0.2) is 0 Å². The SMILES string of the molecule is CCCNC(C)(CSCCOC)C(N)=O. The minimum atomic E-state index is -0.603. The lowest BCUT2D eigenvalue weighted by molar-refractivity contribution is -0.122. The first-order valence-electron chi connectivity index (χ1n) is 5.18. The highest BCUT2D eigenvalue weighted by Crippen LogP contribution is 2.12. The lowest BCUT2D eigenvalue weighted by Crippen LogP contribution is -2.55. The van der Waals surface area contributed by atoms with Crippen LogP contribution < -0.4 is 11.1 Å². The van der Waals surface area contributed by atoms with Gasteiger partial charge in [0.15, 0.2) is 0 Å². The number of nitrogens with two attached hydrogens (primary N) is 1. The van der Waals surface area contributed by atoms with Crippen LogP contribution in [0.5, 0.6) is 0 Å². The number of hydrogen-bond donors (Lipinski definition) is 2. The third kappa shape index (κ3) is 6.02. The van der Waals surface area contributed by atoms with E-state index in [1.54, 1.807) is 18.9 Å². The van der Waals surface area contributed by atoms with Crippen LogP contribution in [-0.2, 0) is 9.53 Å². The molecule has 0 aliphatic heterocycles. The zero-order valence-electron chi connectivity index (χ0n) is 9.84. The summed E-state index contributed by atoms with van der Waals surface area (Å²) in [6.45, 7) is 5.43. The summed E-state index contributed by atoms with van der Waals surface area (Å²) in [7, 11) is 1.67. The number of hydrogen-bond acceptors (Lipinski definition) is 4. The van der Waals surface area contributed by atoms with Crippen molar-refractivity contribution in [3.05, 3.63) is 0 Å². The molecule has 0 radical (unpaired) electrons. The maximum atomic E-state index is 11.3. The third-order valence-corrected chi connectivity index (χ3v) is 3.37. The smallest absolute Gasteiger partial charge is 0.238 e. The van der Waals surface area contributed by atoms with Gasteiger partial charge in [0, 0.05) is 18.6 Å². The van der Waals surface area contributed by atoms with Crippen molar-refractivity contribution in [3.8, 4) is 0 Å². The summed E-state index contributed by atoms with van der Waals surface area (Å²) in [6.07, 6.45) is 0.992. The second-order valence-corrected chi connectivity index (χ2v) is 4.77. The number of thioether (sulfide) groups is 1. The molecule has 0 aromatic heterocycles. The molecule has 0 aliphatic carbocycles. The van der Waals surface area contributed by atoms with E-state index in [9.17, 15) is 4.79 Å². The number of carbonyl (C=O) groups excluding carboxylic acids is 1. The van der Waals surface area contributed by atoms with Gasteiger partial charge in [0.1, 0.15) is 5.54 Å². The minimum Gasteiger partial charge on any atom is -0.384 e. The molecular weight excluding hydrogens is 212 g/mol. The Morgan fingerprint density at radius 1 is 1.60 bits per heavy atom. The van der Waals surface area contributed by atoms with E-state index >= 15 is 0 Å². The molecule has 4 nitrogen and oxygen atoms in total. The molecular formula is C10H22N2O2S. The van der Waals surface area contributed by atoms with Crippen molar-refractivity contribution in [1.82, 2.24) is 5.32 Å². The fraction of sp³-hybridized carbons (Fsp3) is 0.900. The maximum absolute atomic E-state index is 11.3. The molecule has 90 valence electrons. The molecule has 5 heteroatoms. The fourth-order valence-electron chi connectivity index (χ4n) is 1.03. The van der Waals surface area contributed by atoms with E-state index in [0.29, 0.717) is 12.4 Å². The molecule has 0 spiro atoms. The number of ether oxygens (including phenoxy) is 1. The number of nitrogens with one attached hydrogen (secondary N) is 1. The molecule has 1 unspecified atom stereocenters. The van der Waals surface area contributed by atoms with Gasteiger partial charge in [-0.3, -0.25) is 4.79 Å². The van der Waals surface area contributed by atoms with E-state index in [4.69, 9.17) is 10.5 Å². The Kier molecular flexibility index (Phi) is 7.82. The average Bonchev–Trinajstić information content (AvgIpc) is 2.21. The lowest BCUT2D eigenvalue weighted by atomic mass is 10.1. The van der Waals surface area contributed by atoms with Gasteiger partial charge in [-0.15, -0.1) is 0 Å². The molecule has 1 atom stereocenters. The Bertz CT molecular complexity index is 190. The fourth-order valence-corrected chi connectivity index (χ4v) is 2.11. The second kappa shape index (κ2) is 7.96. The van der Waals surface area contributed by atoms with Gasteiger partial charge in [0.05, 0.1) is 6.61 Å². The molecule has 0 bridgehead atoms. The Morgan fingerprint density at radius 3 is 2.73 bits per heavy atom. The quantitative estimate of drug-likeness (QED) is 0.574. The van der Waals surface area contributed by atoms with E-state index in [-0.39, 0.29) is 5.91 Å². The van der Waals surface area contributed by atoms with Crippen molar-refractivity contribution >= 4 is 17.7 Å². The van der Waals surface area contributed by atoms with Crippen molar-refractivity contribution in [2.75, 3.05) is 31.8 Å². The van der Waals surface area contributed by atoms with Gasteiger partial charge in [0.2, 0.25) is 5.91 Å². The zero-order valence-corrected chi connectivity index (χ0v) is 10.7. The van der Waals surface area contributed by atoms with E-state index in [1.807, 2.05) is 6.92 Å². The highest BCUT2D eigenvalue weighted by Gasteiger charge is 2.29. The molecule has 3 N–H and O–H groups in total. The molecule has 0 saturated carbocycles. The predicted octanol–water partition coefficient (Wildman–Crippen LogP) is 0.610. The van der Waals surface area contributed by atoms with E-state index in [0.717, 1.165) is 18.7 Å². The first-order valence-corrected chi connectivity index (χ1v) is 6.34. The van der Waals surface area contributed by atoms with Crippen molar-refractivity contribution < 1.29 is 9.53 Å². The summed E-state index contributed by atoms with van der Waals surface area (Å²) in [4.78, 5) is 11.3. The lowest BCUT2D eigenvalue weighted by Gasteiger charge is -2.27. The highest BCUT2D eigenvalue weighted by molar-refractivity contribution is 7.99. The Morgan fingerprint density at radius 2 is 2.27 bits per heavy atom. The Hall–Kier alpha value is -0.260. The summed E-state index contributed by atoms with van der Waals surface area (Å²) in [5, 5.41) is 3.19. The summed E-state index contributed by atoms with van der Waals surface area (Å²) in [5.41, 5.74) is 4.78. The van der Waals surface area contributed by atoms with Gasteiger partial charge < -0.3 is 15.8 Å². The van der Waals surface area contributed by atoms with Gasteiger partial charge in [0.25, 0.3) is 0 Å². The number of amides is 1. The van der Waals surface area contributed by atoms with E-state index in [2.05, 4.69) is 12.2 Å². The molecule has 0 fully saturated rings. The van der Waals surface area contributed by atoms with Crippen molar-refractivity contribution in [2.45, 2.75) is 25.8 Å². The summed E-state index contributed by atoms with van der Waals surface area (Å²) in [6, 6.07) is 0. The standard InChI is InChI=1S/C10H22N2O2S/c1-4-5-12-10(2,9(11)13)8-15-7-6-14-3/h12H,4-8H2,1-3H3,(H2,11,13). The minimum absolute atomic E-state index is 0.291. The average molecular weight is 234 g/mol. The summed E-state index contributed by atoms with van der Waals surface area (Å²) < 4.78 is 4.94. The topological polar surface area (TPSA) is 64.3 Å². The van der Waals surface area contributed by atoms with Crippen molar-refractivity contribution in [1.29, 1.82) is 0 Å². The van der Waals surface area contributed by atoms with Crippen LogP contribution in [0.4, 0.5) is 0 Å². The largest absolute Gasteiger partial charge is 0.384 e. The van der Waals surface area contributed by atoms with Crippen LogP contribution in [0.2, 0.25) is 0 Å². The van der Waals surface area contributed by atoms with Crippen LogP contribution in [0.3, 0.4) is 0 Å². The molecule has 1 amide bonds. The molecule has 0 saturated heterocycles. The molecule has 0 rings (SSSR count). The van der Waals surface area contributed by atoms with Crippen LogP contribution in [0, 0.1) is 0 Å². The Balaban J connectivity index is 3.96. The molecule has 0 heterocycles. The first kappa shape index (κ1) is 14.7. The van der Waals surface area contributed by atoms with Crippen LogP contribution in [0.1, 0.15) is 20.3 Å². The molecule has 15 heavy (non-hydrogen) atoms. The highest BCUT2D eigenvalue weighted by atomic mass is 32.2. The maximum Gasteiger partial charge on any atom is 0.238 e. The molecule has 0 aromatic carbocycles. The second-order valence-electron chi connectivity index (χ2n) is 3.67. The van der Waals surface area contributed by atoms with Crippen LogP contribution >= 0.6 is 11.8 Å². The molecule has 0 aromatic rings. The number of primary amides is 1. The third-order valence-electron chi connectivity index (χ3n) is 2.13. The summed E-state index contributed by atoms with van der Waals surface area (Å²) in [5.74, 6) is 1.28. The predicted molar refractivity (Wildman–Crippen MR) is 65.1 cm³/mol. The molecule has 0 aliphatic rings. The van der Waals surface area contributed by atoms with Crippen LogP contribution in [-0.4, -0.2) is 43.2 Å². The summed E-state index contributed by atoms with van der Waals surface area (Å²) >= 11 is 1.68. The normalized spacial score (nSPS) is 14.9. The van der Waals surface area contributed by atoms with Gasteiger partial charge in [-0.2, -0.15) is 11.8 Å². The monoisotopic (exact) mass is 234 g/mol. The van der Waals surface area contributed by atoms with E-state index in [1.165, 1.54) is 0 Å². The van der Waals surface area contributed by atoms with Gasteiger partial charge in [-0.1, -0.05) is 6.92 Å². The van der Waals surface area contributed by atoms with Crippen molar-refractivity contribution in [3.63, 3.8) is 0 Å². The Labute approximate surface area is 96.3 Å². The van der Waals surface area contributed by atoms with Gasteiger partial charge in [-0.25, -0.2) is 0 Å². The first-order chi connectivity index (χ1) is 7.06. The van der Waals surface area contributed by atoms with E-state index < -0.39 is 5.54 Å². The number of carbonyl (C=O) groups is 1. The van der Waals surface area contributed by atoms with Crippen LogP contribution in [0.25, 0.3) is 0 Å². The zero-order chi connectivity index (χ0) is 11.7. The number of rotatable bonds is 9.